The van der Waals surface area contributed by atoms with Crippen LogP contribution in [0, 0.1) is 0 Å². The summed E-state index contributed by atoms with van der Waals surface area (Å²) in [5.41, 5.74) is 1.43. The smallest absolute Gasteiger partial charge is 0.265 e. The SMILES string of the molecule is COc1ccc(Nc2ccc(NC(=O)c3cccs3)cn2)cc1Cl. The molecule has 3 rings (SSSR count). The third-order valence-corrected chi connectivity index (χ3v) is 4.35. The van der Waals surface area contributed by atoms with Crippen LogP contribution < -0.4 is 15.4 Å². The Kier molecular flexibility index (Phi) is 4.98. The van der Waals surface area contributed by atoms with Gasteiger partial charge in [-0.25, -0.2) is 4.98 Å². The van der Waals surface area contributed by atoms with Crippen molar-refractivity contribution in [2.75, 3.05) is 17.7 Å². The van der Waals surface area contributed by atoms with Crippen LogP contribution in [0.3, 0.4) is 0 Å². The first-order valence-corrected chi connectivity index (χ1v) is 8.33. The van der Waals surface area contributed by atoms with Crippen molar-refractivity contribution in [2.24, 2.45) is 0 Å². The first kappa shape index (κ1) is 16.3. The molecule has 24 heavy (non-hydrogen) atoms. The van der Waals surface area contributed by atoms with Gasteiger partial charge in [-0.3, -0.25) is 4.79 Å². The number of anilines is 3. The Labute approximate surface area is 148 Å². The average Bonchev–Trinajstić information content (AvgIpc) is 3.11. The molecule has 122 valence electrons. The topological polar surface area (TPSA) is 63.2 Å². The molecule has 1 amide bonds. The van der Waals surface area contributed by atoms with Gasteiger partial charge in [-0.2, -0.15) is 0 Å². The lowest BCUT2D eigenvalue weighted by atomic mass is 10.3. The summed E-state index contributed by atoms with van der Waals surface area (Å²) in [6, 6.07) is 12.6. The fourth-order valence-corrected chi connectivity index (χ4v) is 2.91. The highest BCUT2D eigenvalue weighted by Gasteiger charge is 2.07. The molecule has 2 aromatic heterocycles. The molecule has 0 saturated carbocycles. The number of pyridine rings is 1. The number of nitrogens with one attached hydrogen (secondary N) is 2. The van der Waals surface area contributed by atoms with E-state index in [2.05, 4.69) is 15.6 Å². The summed E-state index contributed by atoms with van der Waals surface area (Å²) < 4.78 is 5.12. The van der Waals surface area contributed by atoms with E-state index in [1.54, 1.807) is 43.6 Å². The van der Waals surface area contributed by atoms with E-state index >= 15 is 0 Å². The van der Waals surface area contributed by atoms with Crippen LogP contribution in [0.2, 0.25) is 5.02 Å². The largest absolute Gasteiger partial charge is 0.495 e. The van der Waals surface area contributed by atoms with Crippen molar-refractivity contribution >= 4 is 46.0 Å². The van der Waals surface area contributed by atoms with E-state index in [1.807, 2.05) is 17.5 Å². The third kappa shape index (κ3) is 3.84. The molecule has 0 bridgehead atoms. The fraction of sp³-hybridized carbons (Fsp3) is 0.0588. The zero-order valence-electron chi connectivity index (χ0n) is 12.7. The quantitative estimate of drug-likeness (QED) is 0.686. The maximum absolute atomic E-state index is 12.0. The number of nitrogens with zero attached hydrogens (tertiary/aromatic N) is 1. The van der Waals surface area contributed by atoms with Gasteiger partial charge in [-0.15, -0.1) is 11.3 Å². The Morgan fingerprint density at radius 1 is 1.21 bits per heavy atom. The summed E-state index contributed by atoms with van der Waals surface area (Å²) in [4.78, 5) is 16.9. The number of rotatable bonds is 5. The number of methoxy groups -OCH3 is 1. The second-order valence-electron chi connectivity index (χ2n) is 4.84. The second kappa shape index (κ2) is 7.33. The fourth-order valence-electron chi connectivity index (χ4n) is 2.03. The zero-order chi connectivity index (χ0) is 16.9. The van der Waals surface area contributed by atoms with E-state index in [1.165, 1.54) is 11.3 Å². The number of hydrogen-bond acceptors (Lipinski definition) is 5. The standard InChI is InChI=1S/C17H14ClN3O2S/c1-23-14-6-4-11(9-13(14)18)20-16-7-5-12(10-19-16)21-17(22)15-3-2-8-24-15/h2-10H,1H3,(H,19,20)(H,21,22). The van der Waals surface area contributed by atoms with Crippen LogP contribution in [-0.4, -0.2) is 18.0 Å². The van der Waals surface area contributed by atoms with Gasteiger partial charge in [0.1, 0.15) is 11.6 Å². The van der Waals surface area contributed by atoms with Gasteiger partial charge < -0.3 is 15.4 Å². The molecule has 0 unspecified atom stereocenters. The normalized spacial score (nSPS) is 10.2. The lowest BCUT2D eigenvalue weighted by Gasteiger charge is -2.09. The predicted molar refractivity (Wildman–Crippen MR) is 97.8 cm³/mol. The van der Waals surface area contributed by atoms with Crippen LogP contribution >= 0.6 is 22.9 Å². The lowest BCUT2D eigenvalue weighted by molar-refractivity contribution is 0.103. The minimum atomic E-state index is -0.144. The first-order valence-electron chi connectivity index (χ1n) is 7.07. The van der Waals surface area contributed by atoms with Crippen molar-refractivity contribution in [2.45, 2.75) is 0 Å². The van der Waals surface area contributed by atoms with Gasteiger partial charge in [0, 0.05) is 5.69 Å². The molecule has 0 radical (unpaired) electrons. The van der Waals surface area contributed by atoms with Crippen molar-refractivity contribution < 1.29 is 9.53 Å². The molecule has 7 heteroatoms. The Hall–Kier alpha value is -2.57. The molecule has 0 aliphatic carbocycles. The highest BCUT2D eigenvalue weighted by Crippen LogP contribution is 2.28. The number of aromatic nitrogens is 1. The summed E-state index contributed by atoms with van der Waals surface area (Å²) in [5, 5.41) is 8.32. The van der Waals surface area contributed by atoms with Gasteiger partial charge in [0.2, 0.25) is 0 Å². The van der Waals surface area contributed by atoms with E-state index < -0.39 is 0 Å². The number of carbonyl (C=O) groups excluding carboxylic acids is 1. The van der Waals surface area contributed by atoms with Gasteiger partial charge in [-0.1, -0.05) is 17.7 Å². The number of carbonyl (C=O) groups is 1. The molecular weight excluding hydrogens is 346 g/mol. The molecule has 2 heterocycles. The lowest BCUT2D eigenvalue weighted by Crippen LogP contribution is -2.10. The minimum absolute atomic E-state index is 0.144. The van der Waals surface area contributed by atoms with Crippen LogP contribution in [-0.2, 0) is 0 Å². The van der Waals surface area contributed by atoms with Gasteiger partial charge in [-0.05, 0) is 41.8 Å². The minimum Gasteiger partial charge on any atom is -0.495 e. The van der Waals surface area contributed by atoms with Crippen molar-refractivity contribution in [3.8, 4) is 5.75 Å². The molecule has 0 fully saturated rings. The maximum atomic E-state index is 12.0. The van der Waals surface area contributed by atoms with E-state index in [9.17, 15) is 4.79 Å². The van der Waals surface area contributed by atoms with Crippen LogP contribution in [0.4, 0.5) is 17.2 Å². The highest BCUT2D eigenvalue weighted by atomic mass is 35.5. The zero-order valence-corrected chi connectivity index (χ0v) is 14.3. The molecule has 3 aromatic rings. The molecule has 2 N–H and O–H groups in total. The van der Waals surface area contributed by atoms with Gasteiger partial charge in [0.05, 0.1) is 28.9 Å². The monoisotopic (exact) mass is 359 g/mol. The molecule has 0 aliphatic heterocycles. The highest BCUT2D eigenvalue weighted by molar-refractivity contribution is 7.12. The van der Waals surface area contributed by atoms with Crippen molar-refractivity contribution in [1.29, 1.82) is 0 Å². The van der Waals surface area contributed by atoms with E-state index in [-0.39, 0.29) is 5.91 Å². The average molecular weight is 360 g/mol. The third-order valence-electron chi connectivity index (χ3n) is 3.19. The second-order valence-corrected chi connectivity index (χ2v) is 6.19. The Bertz CT molecular complexity index is 836. The summed E-state index contributed by atoms with van der Waals surface area (Å²) in [6.45, 7) is 0. The molecule has 1 aromatic carbocycles. The first-order chi connectivity index (χ1) is 11.7. The number of benzene rings is 1. The summed E-state index contributed by atoms with van der Waals surface area (Å²) in [7, 11) is 1.57. The molecular formula is C17H14ClN3O2S. The number of amides is 1. The maximum Gasteiger partial charge on any atom is 0.265 e. The van der Waals surface area contributed by atoms with Crippen LogP contribution in [0.1, 0.15) is 9.67 Å². The van der Waals surface area contributed by atoms with Crippen LogP contribution in [0.25, 0.3) is 0 Å². The van der Waals surface area contributed by atoms with Crippen molar-refractivity contribution in [3.05, 3.63) is 63.9 Å². The summed E-state index contributed by atoms with van der Waals surface area (Å²) >= 11 is 7.49. The molecule has 0 saturated heterocycles. The summed E-state index contributed by atoms with van der Waals surface area (Å²) in [6.07, 6.45) is 1.60. The number of thiophene rings is 1. The number of hydrogen-bond donors (Lipinski definition) is 2. The Balaban J connectivity index is 1.66. The summed E-state index contributed by atoms with van der Waals surface area (Å²) in [5.74, 6) is 1.11. The Morgan fingerprint density at radius 3 is 2.67 bits per heavy atom. The van der Waals surface area contributed by atoms with Gasteiger partial charge in [0.25, 0.3) is 5.91 Å². The predicted octanol–water partition coefficient (Wildman–Crippen LogP) is 4.80. The van der Waals surface area contributed by atoms with Crippen LogP contribution in [0.15, 0.2) is 54.0 Å². The molecule has 0 spiro atoms. The van der Waals surface area contributed by atoms with E-state index in [0.717, 1.165) is 5.69 Å². The number of halogens is 1. The van der Waals surface area contributed by atoms with E-state index in [4.69, 9.17) is 16.3 Å². The van der Waals surface area contributed by atoms with Crippen LogP contribution in [0.5, 0.6) is 5.75 Å². The Morgan fingerprint density at radius 2 is 2.04 bits per heavy atom. The molecule has 0 atom stereocenters. The van der Waals surface area contributed by atoms with Gasteiger partial charge >= 0.3 is 0 Å². The molecule has 5 nitrogen and oxygen atoms in total. The van der Waals surface area contributed by atoms with Gasteiger partial charge in [0.15, 0.2) is 0 Å². The number of ether oxygens (including phenoxy) is 1. The van der Waals surface area contributed by atoms with Crippen molar-refractivity contribution in [3.63, 3.8) is 0 Å². The van der Waals surface area contributed by atoms with Crippen molar-refractivity contribution in [1.82, 2.24) is 4.98 Å². The molecule has 0 aliphatic rings. The van der Waals surface area contributed by atoms with E-state index in [0.29, 0.717) is 27.2 Å².